The zero-order chi connectivity index (χ0) is 10.2. The van der Waals surface area contributed by atoms with Crippen molar-refractivity contribution in [1.82, 2.24) is 0 Å². The third-order valence-electron chi connectivity index (χ3n) is 1.38. The van der Waals surface area contributed by atoms with Crippen molar-refractivity contribution < 1.29 is 0 Å². The first kappa shape index (κ1) is 9.71. The SMILES string of the molecule is NN=NNc1ccccc1NN=NN. The first-order chi connectivity index (χ1) is 6.88. The number of para-hydroxylation sites is 2. The van der Waals surface area contributed by atoms with E-state index >= 15 is 0 Å². The van der Waals surface area contributed by atoms with Gasteiger partial charge in [-0.1, -0.05) is 33.0 Å². The van der Waals surface area contributed by atoms with Crippen LogP contribution in [0.5, 0.6) is 0 Å². The molecule has 0 atom stereocenters. The lowest BCUT2D eigenvalue weighted by Crippen LogP contribution is -1.96. The zero-order valence-electron chi connectivity index (χ0n) is 7.25. The molecule has 1 rings (SSSR count). The van der Waals surface area contributed by atoms with Crippen LogP contribution in [0.15, 0.2) is 45.2 Å². The monoisotopic (exact) mass is 194 g/mol. The lowest BCUT2D eigenvalue weighted by Gasteiger charge is -2.04. The Labute approximate surface area is 80.0 Å². The Bertz CT molecular complexity index is 299. The van der Waals surface area contributed by atoms with Crippen LogP contribution in [-0.4, -0.2) is 0 Å². The Morgan fingerprint density at radius 3 is 1.64 bits per heavy atom. The van der Waals surface area contributed by atoms with Gasteiger partial charge in [-0.25, -0.2) is 0 Å². The van der Waals surface area contributed by atoms with Crippen molar-refractivity contribution in [2.45, 2.75) is 0 Å². The van der Waals surface area contributed by atoms with E-state index in [4.69, 9.17) is 11.7 Å². The summed E-state index contributed by atoms with van der Waals surface area (Å²) in [6, 6.07) is 7.17. The van der Waals surface area contributed by atoms with Gasteiger partial charge in [0.05, 0.1) is 11.4 Å². The molecular formula is C6H10N8. The summed E-state index contributed by atoms with van der Waals surface area (Å²) in [6.07, 6.45) is 0. The van der Waals surface area contributed by atoms with Crippen LogP contribution in [-0.2, 0) is 0 Å². The molecule has 1 aromatic rings. The Kier molecular flexibility index (Phi) is 3.67. The second-order valence-electron chi connectivity index (χ2n) is 2.20. The highest BCUT2D eigenvalue weighted by Crippen LogP contribution is 2.20. The van der Waals surface area contributed by atoms with E-state index in [1.807, 2.05) is 12.1 Å². The van der Waals surface area contributed by atoms with Gasteiger partial charge >= 0.3 is 0 Å². The number of nitrogens with two attached hydrogens (primary N) is 2. The Morgan fingerprint density at radius 2 is 1.29 bits per heavy atom. The third-order valence-corrected chi connectivity index (χ3v) is 1.38. The summed E-state index contributed by atoms with van der Waals surface area (Å²) in [5.41, 5.74) is 6.52. The molecule has 8 heteroatoms. The second kappa shape index (κ2) is 5.30. The number of nitrogens with zero attached hydrogens (tertiary/aromatic N) is 4. The van der Waals surface area contributed by atoms with E-state index in [9.17, 15) is 0 Å². The topological polar surface area (TPSA) is 126 Å². The molecular weight excluding hydrogens is 184 g/mol. The van der Waals surface area contributed by atoms with Crippen LogP contribution in [0.25, 0.3) is 0 Å². The van der Waals surface area contributed by atoms with Crippen LogP contribution in [0.4, 0.5) is 11.4 Å². The molecule has 0 fully saturated rings. The van der Waals surface area contributed by atoms with Crippen LogP contribution in [0.1, 0.15) is 0 Å². The molecule has 0 aromatic heterocycles. The highest BCUT2D eigenvalue weighted by Gasteiger charge is 1.98. The van der Waals surface area contributed by atoms with Gasteiger partial charge in [0.1, 0.15) is 0 Å². The molecule has 0 amide bonds. The molecule has 14 heavy (non-hydrogen) atoms. The van der Waals surface area contributed by atoms with E-state index < -0.39 is 0 Å². The van der Waals surface area contributed by atoms with Gasteiger partial charge in [-0.2, -0.15) is 0 Å². The number of anilines is 2. The van der Waals surface area contributed by atoms with Crippen molar-refractivity contribution in [2.24, 2.45) is 32.6 Å². The molecule has 0 bridgehead atoms. The third kappa shape index (κ3) is 2.59. The zero-order valence-corrected chi connectivity index (χ0v) is 7.25. The lowest BCUT2D eigenvalue weighted by molar-refractivity contribution is 0.990. The van der Waals surface area contributed by atoms with Crippen molar-refractivity contribution in [3.63, 3.8) is 0 Å². The minimum atomic E-state index is 0.661. The number of hydrogen-bond acceptors (Lipinski definition) is 4. The maximum Gasteiger partial charge on any atom is 0.0830 e. The first-order valence-electron chi connectivity index (χ1n) is 3.69. The summed E-state index contributed by atoms with van der Waals surface area (Å²) in [6.45, 7) is 0. The second-order valence-corrected chi connectivity index (χ2v) is 2.20. The summed E-state index contributed by atoms with van der Waals surface area (Å²) in [7, 11) is 0. The smallest absolute Gasteiger partial charge is 0.0830 e. The number of rotatable bonds is 4. The molecule has 6 N–H and O–H groups in total. The maximum atomic E-state index is 4.84. The molecule has 1 aromatic carbocycles. The minimum absolute atomic E-state index is 0.661. The summed E-state index contributed by atoms with van der Waals surface area (Å²) in [5, 5.41) is 13.0. The lowest BCUT2D eigenvalue weighted by atomic mass is 10.3. The number of nitrogens with one attached hydrogen (secondary N) is 2. The normalized spacial score (nSPS) is 10.9. The molecule has 0 unspecified atom stereocenters. The average molecular weight is 194 g/mol. The summed E-state index contributed by atoms with van der Waals surface area (Å²) in [5.74, 6) is 9.68. The first-order valence-corrected chi connectivity index (χ1v) is 3.69. The highest BCUT2D eigenvalue weighted by atomic mass is 15.5. The molecule has 74 valence electrons. The Hall–Kier alpha value is -2.38. The predicted octanol–water partition coefficient (Wildman–Crippen LogP) is 0.992. The van der Waals surface area contributed by atoms with Gasteiger partial charge in [0.25, 0.3) is 0 Å². The molecule has 0 radical (unpaired) electrons. The number of hydrogen-bond donors (Lipinski definition) is 4. The average Bonchev–Trinajstić information content (AvgIpc) is 2.24. The van der Waals surface area contributed by atoms with Crippen molar-refractivity contribution in [1.29, 1.82) is 0 Å². The van der Waals surface area contributed by atoms with Gasteiger partial charge in [-0.05, 0) is 12.1 Å². The predicted molar refractivity (Wildman–Crippen MR) is 51.8 cm³/mol. The van der Waals surface area contributed by atoms with Crippen molar-refractivity contribution in [2.75, 3.05) is 10.9 Å². The van der Waals surface area contributed by atoms with Crippen molar-refractivity contribution >= 4 is 11.4 Å². The standard InChI is InChI=1S/C6H10N8/c7-11-13-9-5-3-1-2-4-6(5)10-14-12-8/h1-4H,(H2,7,13)(H2,8,14)(H,9,11)(H,10,12). The minimum Gasteiger partial charge on any atom is -0.303 e. The van der Waals surface area contributed by atoms with E-state index in [0.29, 0.717) is 11.4 Å². The fraction of sp³-hybridized carbons (Fsp3) is 0. The Morgan fingerprint density at radius 1 is 0.857 bits per heavy atom. The molecule has 0 aliphatic rings. The summed E-state index contributed by atoms with van der Waals surface area (Å²) >= 11 is 0. The van der Waals surface area contributed by atoms with E-state index in [1.165, 1.54) is 0 Å². The van der Waals surface area contributed by atoms with Crippen LogP contribution in [0, 0.1) is 0 Å². The van der Waals surface area contributed by atoms with Crippen LogP contribution in [0.3, 0.4) is 0 Å². The van der Waals surface area contributed by atoms with E-state index in [1.54, 1.807) is 12.1 Å². The number of benzene rings is 1. The van der Waals surface area contributed by atoms with E-state index in [2.05, 4.69) is 31.7 Å². The van der Waals surface area contributed by atoms with Gasteiger partial charge in [-0.15, -0.1) is 0 Å². The van der Waals surface area contributed by atoms with E-state index in [-0.39, 0.29) is 0 Å². The van der Waals surface area contributed by atoms with Gasteiger partial charge in [0.2, 0.25) is 0 Å². The molecule has 0 saturated carbocycles. The fourth-order valence-electron chi connectivity index (χ4n) is 0.844. The fourth-order valence-corrected chi connectivity index (χ4v) is 0.844. The molecule has 0 spiro atoms. The maximum absolute atomic E-state index is 4.84. The van der Waals surface area contributed by atoms with Crippen LogP contribution < -0.4 is 22.5 Å². The quantitative estimate of drug-likeness (QED) is 0.324. The van der Waals surface area contributed by atoms with Gasteiger partial charge < -0.3 is 11.7 Å². The Balaban J connectivity index is 2.79. The van der Waals surface area contributed by atoms with Gasteiger partial charge in [0, 0.05) is 0 Å². The molecule has 0 heterocycles. The molecule has 8 nitrogen and oxygen atoms in total. The molecule has 0 aliphatic heterocycles. The summed E-state index contributed by atoms with van der Waals surface area (Å²) in [4.78, 5) is 0. The van der Waals surface area contributed by atoms with E-state index in [0.717, 1.165) is 0 Å². The molecule has 0 saturated heterocycles. The van der Waals surface area contributed by atoms with Gasteiger partial charge in [0.15, 0.2) is 0 Å². The van der Waals surface area contributed by atoms with Crippen molar-refractivity contribution in [3.05, 3.63) is 24.3 Å². The summed E-state index contributed by atoms with van der Waals surface area (Å²) < 4.78 is 0. The highest BCUT2D eigenvalue weighted by molar-refractivity contribution is 5.67. The van der Waals surface area contributed by atoms with Crippen molar-refractivity contribution in [3.8, 4) is 0 Å². The largest absolute Gasteiger partial charge is 0.303 e. The van der Waals surface area contributed by atoms with Crippen LogP contribution >= 0.6 is 0 Å². The van der Waals surface area contributed by atoms with Crippen LogP contribution in [0.2, 0.25) is 0 Å². The molecule has 0 aliphatic carbocycles. The van der Waals surface area contributed by atoms with Gasteiger partial charge in [-0.3, -0.25) is 10.9 Å².